The molecule has 19 heavy (non-hydrogen) atoms. The molecule has 0 unspecified atom stereocenters. The Kier molecular flexibility index (Phi) is 4.17. The van der Waals surface area contributed by atoms with Crippen LogP contribution in [0.5, 0.6) is 11.5 Å². The minimum atomic E-state index is 0.408. The van der Waals surface area contributed by atoms with Gasteiger partial charge in [-0.25, -0.2) is 0 Å². The highest BCUT2D eigenvalue weighted by atomic mass is 35.5. The molecule has 0 fully saturated rings. The van der Waals surface area contributed by atoms with Gasteiger partial charge in [-0.05, 0) is 30.7 Å². The van der Waals surface area contributed by atoms with Gasteiger partial charge in [0.1, 0.15) is 18.1 Å². The van der Waals surface area contributed by atoms with E-state index in [0.717, 1.165) is 11.1 Å². The van der Waals surface area contributed by atoms with Gasteiger partial charge in [0.05, 0.1) is 12.8 Å². The van der Waals surface area contributed by atoms with Gasteiger partial charge in [0, 0.05) is 16.7 Å². The third-order valence-corrected chi connectivity index (χ3v) is 3.16. The first-order valence-electron chi connectivity index (χ1n) is 5.91. The molecule has 0 spiro atoms. The minimum Gasteiger partial charge on any atom is -0.495 e. The van der Waals surface area contributed by atoms with Gasteiger partial charge >= 0.3 is 0 Å². The number of methoxy groups -OCH3 is 1. The summed E-state index contributed by atoms with van der Waals surface area (Å²) in [5.41, 5.74) is 8.44. The van der Waals surface area contributed by atoms with Crippen LogP contribution in [0.2, 0.25) is 5.02 Å². The predicted octanol–water partition coefficient (Wildman–Crippen LogP) is 3.82. The molecule has 4 heteroatoms. The SMILES string of the molecule is COc1ccc(OCc2ccc(C)cc2Cl)cc1N. The van der Waals surface area contributed by atoms with Gasteiger partial charge in [-0.15, -0.1) is 0 Å². The van der Waals surface area contributed by atoms with E-state index >= 15 is 0 Å². The summed E-state index contributed by atoms with van der Waals surface area (Å²) in [4.78, 5) is 0. The van der Waals surface area contributed by atoms with Crippen molar-refractivity contribution in [1.29, 1.82) is 0 Å². The Morgan fingerprint density at radius 2 is 1.95 bits per heavy atom. The molecule has 0 heterocycles. The summed E-state index contributed by atoms with van der Waals surface area (Å²) in [5, 5.41) is 0.710. The predicted molar refractivity (Wildman–Crippen MR) is 77.9 cm³/mol. The van der Waals surface area contributed by atoms with E-state index < -0.39 is 0 Å². The standard InChI is InChI=1S/C15H16ClNO2/c1-10-3-4-11(13(16)7-10)9-19-12-5-6-15(18-2)14(17)8-12/h3-8H,9,17H2,1-2H3. The summed E-state index contributed by atoms with van der Waals surface area (Å²) in [7, 11) is 1.58. The van der Waals surface area contributed by atoms with E-state index in [1.54, 1.807) is 19.2 Å². The van der Waals surface area contributed by atoms with Crippen molar-refractivity contribution in [3.63, 3.8) is 0 Å². The zero-order chi connectivity index (χ0) is 13.8. The number of benzene rings is 2. The molecule has 0 radical (unpaired) electrons. The summed E-state index contributed by atoms with van der Waals surface area (Å²) in [5.74, 6) is 1.33. The first-order valence-corrected chi connectivity index (χ1v) is 6.29. The van der Waals surface area contributed by atoms with Crippen molar-refractivity contribution in [2.75, 3.05) is 12.8 Å². The summed E-state index contributed by atoms with van der Waals surface area (Å²) >= 11 is 6.15. The van der Waals surface area contributed by atoms with Crippen LogP contribution in [0, 0.1) is 6.92 Å². The van der Waals surface area contributed by atoms with Gasteiger partial charge in [0.25, 0.3) is 0 Å². The normalized spacial score (nSPS) is 10.3. The number of rotatable bonds is 4. The lowest BCUT2D eigenvalue weighted by atomic mass is 10.1. The second-order valence-corrected chi connectivity index (χ2v) is 4.69. The molecular formula is C15H16ClNO2. The van der Waals surface area contributed by atoms with Crippen LogP contribution in [0.3, 0.4) is 0 Å². The van der Waals surface area contributed by atoms with Gasteiger partial charge < -0.3 is 15.2 Å². The average Bonchev–Trinajstić information content (AvgIpc) is 2.38. The second kappa shape index (κ2) is 5.85. The van der Waals surface area contributed by atoms with E-state index in [1.807, 2.05) is 31.2 Å². The molecule has 0 atom stereocenters. The van der Waals surface area contributed by atoms with Crippen molar-refractivity contribution in [3.05, 3.63) is 52.5 Å². The van der Waals surface area contributed by atoms with Crippen LogP contribution in [0.1, 0.15) is 11.1 Å². The quantitative estimate of drug-likeness (QED) is 0.864. The lowest BCUT2D eigenvalue weighted by Gasteiger charge is -2.10. The van der Waals surface area contributed by atoms with Gasteiger partial charge in [-0.1, -0.05) is 23.7 Å². The van der Waals surface area contributed by atoms with Gasteiger partial charge in [0.2, 0.25) is 0 Å². The molecule has 0 aromatic heterocycles. The van der Waals surface area contributed by atoms with Crippen LogP contribution in [-0.4, -0.2) is 7.11 Å². The van der Waals surface area contributed by atoms with Crippen molar-refractivity contribution in [3.8, 4) is 11.5 Å². The van der Waals surface area contributed by atoms with E-state index in [4.69, 9.17) is 26.8 Å². The highest BCUT2D eigenvalue weighted by Crippen LogP contribution is 2.27. The van der Waals surface area contributed by atoms with Gasteiger partial charge in [-0.2, -0.15) is 0 Å². The average molecular weight is 278 g/mol. The smallest absolute Gasteiger partial charge is 0.142 e. The first kappa shape index (κ1) is 13.6. The zero-order valence-corrected chi connectivity index (χ0v) is 11.7. The highest BCUT2D eigenvalue weighted by Gasteiger charge is 2.04. The number of nitrogen functional groups attached to an aromatic ring is 1. The Morgan fingerprint density at radius 1 is 1.16 bits per heavy atom. The van der Waals surface area contributed by atoms with Crippen LogP contribution >= 0.6 is 11.6 Å². The molecule has 2 N–H and O–H groups in total. The fraction of sp³-hybridized carbons (Fsp3) is 0.200. The molecule has 2 aromatic rings. The molecule has 2 aromatic carbocycles. The molecule has 0 saturated heterocycles. The summed E-state index contributed by atoms with van der Waals surface area (Å²) in [6, 6.07) is 11.2. The highest BCUT2D eigenvalue weighted by molar-refractivity contribution is 6.31. The Labute approximate surface area is 117 Å². The maximum absolute atomic E-state index is 6.15. The van der Waals surface area contributed by atoms with Crippen molar-refractivity contribution >= 4 is 17.3 Å². The first-order chi connectivity index (χ1) is 9.10. The summed E-state index contributed by atoms with van der Waals surface area (Å²) < 4.78 is 10.8. The van der Waals surface area contributed by atoms with Gasteiger partial charge in [-0.3, -0.25) is 0 Å². The summed E-state index contributed by atoms with van der Waals surface area (Å²) in [6.07, 6.45) is 0. The molecule has 0 bridgehead atoms. The molecule has 0 saturated carbocycles. The molecule has 100 valence electrons. The fourth-order valence-electron chi connectivity index (χ4n) is 1.73. The van der Waals surface area contributed by atoms with Crippen LogP contribution < -0.4 is 15.2 Å². The number of hydrogen-bond acceptors (Lipinski definition) is 3. The molecular weight excluding hydrogens is 262 g/mol. The summed E-state index contributed by atoms with van der Waals surface area (Å²) in [6.45, 7) is 2.41. The van der Waals surface area contributed by atoms with Crippen molar-refractivity contribution in [2.45, 2.75) is 13.5 Å². The maximum Gasteiger partial charge on any atom is 0.142 e. The Balaban J connectivity index is 2.08. The van der Waals surface area contributed by atoms with E-state index in [-0.39, 0.29) is 0 Å². The number of aryl methyl sites for hydroxylation is 1. The van der Waals surface area contributed by atoms with Crippen LogP contribution in [0.25, 0.3) is 0 Å². The molecule has 3 nitrogen and oxygen atoms in total. The second-order valence-electron chi connectivity index (χ2n) is 4.29. The molecule has 0 aliphatic heterocycles. The number of anilines is 1. The minimum absolute atomic E-state index is 0.408. The van der Waals surface area contributed by atoms with E-state index in [2.05, 4.69) is 0 Å². The van der Waals surface area contributed by atoms with Crippen molar-refractivity contribution < 1.29 is 9.47 Å². The van der Waals surface area contributed by atoms with Crippen LogP contribution in [0.4, 0.5) is 5.69 Å². The van der Waals surface area contributed by atoms with Crippen LogP contribution in [-0.2, 0) is 6.61 Å². The molecule has 0 aliphatic rings. The third kappa shape index (κ3) is 3.32. The number of nitrogens with two attached hydrogens (primary N) is 1. The third-order valence-electron chi connectivity index (χ3n) is 2.80. The lowest BCUT2D eigenvalue weighted by molar-refractivity contribution is 0.306. The number of hydrogen-bond donors (Lipinski definition) is 1. The largest absolute Gasteiger partial charge is 0.495 e. The molecule has 0 amide bonds. The van der Waals surface area contributed by atoms with Crippen LogP contribution in [0.15, 0.2) is 36.4 Å². The molecule has 2 rings (SSSR count). The van der Waals surface area contributed by atoms with Crippen molar-refractivity contribution in [1.82, 2.24) is 0 Å². The Hall–Kier alpha value is -1.87. The fourth-order valence-corrected chi connectivity index (χ4v) is 2.02. The maximum atomic E-state index is 6.15. The zero-order valence-electron chi connectivity index (χ0n) is 10.9. The lowest BCUT2D eigenvalue weighted by Crippen LogP contribution is -1.98. The Morgan fingerprint density at radius 3 is 2.58 bits per heavy atom. The molecule has 0 aliphatic carbocycles. The number of halogens is 1. The Bertz CT molecular complexity index is 584. The topological polar surface area (TPSA) is 44.5 Å². The number of ether oxygens (including phenoxy) is 2. The van der Waals surface area contributed by atoms with E-state index in [9.17, 15) is 0 Å². The monoisotopic (exact) mass is 277 g/mol. The van der Waals surface area contributed by atoms with Gasteiger partial charge in [0.15, 0.2) is 0 Å². The van der Waals surface area contributed by atoms with E-state index in [1.165, 1.54) is 0 Å². The van der Waals surface area contributed by atoms with Crippen molar-refractivity contribution in [2.24, 2.45) is 0 Å². The van der Waals surface area contributed by atoms with E-state index in [0.29, 0.717) is 28.8 Å².